The largest absolute Gasteiger partial charge is 0.481 e. The Morgan fingerprint density at radius 3 is 2.00 bits per heavy atom. The van der Waals surface area contributed by atoms with Crippen LogP contribution in [0.25, 0.3) is 10.9 Å². The Kier molecular flexibility index (Phi) is 19.7. The highest BCUT2D eigenvalue weighted by Crippen LogP contribution is 2.21. The smallest absolute Gasteiger partial charge is 0.336 e. The summed E-state index contributed by atoms with van der Waals surface area (Å²) >= 11 is 1.08. The minimum absolute atomic E-state index is 0.0865. The quantitative estimate of drug-likeness (QED) is 0.113. The van der Waals surface area contributed by atoms with Gasteiger partial charge >= 0.3 is 5.97 Å². The van der Waals surface area contributed by atoms with E-state index in [1.54, 1.807) is 11.4 Å². The molecule has 2 fully saturated rings. The SMILES string of the molecule is CC(=O)O.CC(C)C[C@@H]1NC(=O)[C@@H](c2cccs2)NC(=O)[C@H](C(=O)O)NC(=O)[C@H](CC(=O)N2CCN(c3ccccc3)CC2)NC(=O)CNC(=O)CNC1=O.CCc1c[nH]c2ccccc12. The average molecular weight is 932 g/mol. The number of carbonyl (C=O) groups excluding carboxylic acids is 7. The number of carboxylic acid groups (broad SMARTS) is 2. The summed E-state index contributed by atoms with van der Waals surface area (Å²) in [6.07, 6.45) is 2.76. The highest BCUT2D eigenvalue weighted by Gasteiger charge is 2.37. The molecule has 2 aromatic heterocycles. The number of aromatic amines is 1. The van der Waals surface area contributed by atoms with Gasteiger partial charge in [-0.3, -0.25) is 38.4 Å². The molecule has 2 saturated heterocycles. The maximum atomic E-state index is 13.5. The number of aryl methyl sites for hydroxylation is 1. The van der Waals surface area contributed by atoms with Gasteiger partial charge in [-0.05, 0) is 54.0 Å². The molecule has 6 rings (SSSR count). The number of amides is 7. The van der Waals surface area contributed by atoms with Crippen LogP contribution in [0.2, 0.25) is 0 Å². The van der Waals surface area contributed by atoms with E-state index in [0.717, 1.165) is 30.4 Å². The minimum atomic E-state index is -2.25. The van der Waals surface area contributed by atoms with Crippen LogP contribution in [0.15, 0.2) is 78.3 Å². The summed E-state index contributed by atoms with van der Waals surface area (Å²) in [4.78, 5) is 121. The fourth-order valence-corrected chi connectivity index (χ4v) is 7.73. The second-order valence-electron chi connectivity index (χ2n) is 15.7. The molecule has 354 valence electrons. The van der Waals surface area contributed by atoms with Crippen LogP contribution in [0.5, 0.6) is 0 Å². The van der Waals surface area contributed by atoms with Crippen molar-refractivity contribution in [2.75, 3.05) is 44.2 Å². The zero-order valence-electron chi connectivity index (χ0n) is 37.1. The molecule has 0 saturated carbocycles. The number of carbonyl (C=O) groups is 9. The fourth-order valence-electron chi connectivity index (χ4n) is 6.95. The molecule has 7 amide bonds. The van der Waals surface area contributed by atoms with Crippen LogP contribution < -0.4 is 36.8 Å². The summed E-state index contributed by atoms with van der Waals surface area (Å²) in [5.74, 6) is -8.82. The number of nitrogens with one attached hydrogen (secondary N) is 7. The van der Waals surface area contributed by atoms with Crippen LogP contribution in [-0.4, -0.2) is 131 Å². The summed E-state index contributed by atoms with van der Waals surface area (Å²) in [5, 5.41) is 34.5. The standard InChI is InChI=1S/C33H42N8O9S.C10H11N.C2H4O2/c1-19(2)15-21-29(45)35-17-24(42)34-18-25(43)36-22(16-26(44)41-12-10-40(11-13-41)20-7-4-3-5-8-20)30(46)39-28(33(49)50)32(48)38-27(31(47)37-21)23-9-6-14-51-23;1-2-8-7-11-10-6-4-3-5-9(8)10;1-2(3)4/h3-9,14,19,21-22,27-28H,10-13,15-18H2,1-2H3,(H,34,42)(H,35,45)(H,36,43)(H,37,47)(H,38,48)(H,39,46)(H,49,50);3-7,11H,2H2,1H3;1H3,(H,3,4)/t21-,22-,27+,28+;;/m0../s1. The summed E-state index contributed by atoms with van der Waals surface area (Å²) in [6, 6.07) is 14.6. The number of hydrogen-bond donors (Lipinski definition) is 9. The number of hydrogen-bond acceptors (Lipinski definition) is 11. The maximum Gasteiger partial charge on any atom is 0.336 e. The Labute approximate surface area is 385 Å². The molecular weight excluding hydrogens is 875 g/mol. The van der Waals surface area contributed by atoms with Gasteiger partial charge in [0.1, 0.15) is 18.1 Å². The van der Waals surface area contributed by atoms with Crippen molar-refractivity contribution in [1.29, 1.82) is 0 Å². The monoisotopic (exact) mass is 931 g/mol. The van der Waals surface area contributed by atoms with Crippen LogP contribution in [0.4, 0.5) is 5.69 Å². The van der Waals surface area contributed by atoms with Crippen LogP contribution in [0.3, 0.4) is 0 Å². The van der Waals surface area contributed by atoms with Crippen molar-refractivity contribution in [3.05, 3.63) is 88.7 Å². The number of para-hydroxylation sites is 2. The summed E-state index contributed by atoms with van der Waals surface area (Å²) < 4.78 is 0. The highest BCUT2D eigenvalue weighted by atomic mass is 32.1. The van der Waals surface area contributed by atoms with Gasteiger partial charge in [0, 0.05) is 60.8 Å². The number of thiophene rings is 1. The second kappa shape index (κ2) is 25.3. The Balaban J connectivity index is 0.000000534. The molecule has 0 spiro atoms. The average Bonchev–Trinajstić information content (AvgIpc) is 3.98. The Morgan fingerprint density at radius 1 is 0.727 bits per heavy atom. The molecule has 0 unspecified atom stereocenters. The van der Waals surface area contributed by atoms with E-state index in [1.165, 1.54) is 27.4 Å². The number of benzene rings is 2. The normalized spacial score (nSPS) is 20.0. The lowest BCUT2D eigenvalue weighted by atomic mass is 10.0. The number of aliphatic carboxylic acids is 2. The molecule has 21 heteroatoms. The van der Waals surface area contributed by atoms with Crippen LogP contribution in [-0.2, 0) is 49.6 Å². The Bertz CT molecular complexity index is 2310. The molecule has 0 bridgehead atoms. The maximum absolute atomic E-state index is 13.5. The van der Waals surface area contributed by atoms with Gasteiger partial charge in [-0.1, -0.05) is 63.2 Å². The third kappa shape index (κ3) is 15.8. The molecule has 0 aliphatic carbocycles. The first-order valence-corrected chi connectivity index (χ1v) is 22.2. The van der Waals surface area contributed by atoms with Crippen molar-refractivity contribution >= 4 is 81.2 Å². The van der Waals surface area contributed by atoms with Crippen molar-refractivity contribution in [2.45, 2.75) is 71.1 Å². The lowest BCUT2D eigenvalue weighted by Crippen LogP contribution is -2.60. The Hall–Kier alpha value is -7.29. The number of H-pyrrole nitrogens is 1. The van der Waals surface area contributed by atoms with E-state index >= 15 is 0 Å². The van der Waals surface area contributed by atoms with Gasteiger partial charge in [0.2, 0.25) is 41.5 Å². The van der Waals surface area contributed by atoms with E-state index in [2.05, 4.69) is 79.2 Å². The minimum Gasteiger partial charge on any atom is -0.481 e. The second-order valence-corrected chi connectivity index (χ2v) is 16.7. The van der Waals surface area contributed by atoms with E-state index in [-0.39, 0.29) is 12.3 Å². The predicted molar refractivity (Wildman–Crippen MR) is 245 cm³/mol. The summed E-state index contributed by atoms with van der Waals surface area (Å²) in [6.45, 7) is 7.29. The van der Waals surface area contributed by atoms with Gasteiger partial charge in [0.15, 0.2) is 0 Å². The zero-order valence-corrected chi connectivity index (χ0v) is 37.9. The number of aromatic nitrogens is 1. The van der Waals surface area contributed by atoms with Gasteiger partial charge in [-0.2, -0.15) is 0 Å². The molecule has 66 heavy (non-hydrogen) atoms. The van der Waals surface area contributed by atoms with Crippen molar-refractivity contribution in [3.8, 4) is 0 Å². The lowest BCUT2D eigenvalue weighted by Gasteiger charge is -2.36. The molecule has 2 aliphatic rings. The van der Waals surface area contributed by atoms with Crippen LogP contribution in [0.1, 0.15) is 57.0 Å². The third-order valence-electron chi connectivity index (χ3n) is 10.2. The predicted octanol–water partition coefficient (Wildman–Crippen LogP) is 1.30. The van der Waals surface area contributed by atoms with E-state index < -0.39 is 97.0 Å². The number of nitrogens with zero attached hydrogens (tertiary/aromatic N) is 2. The number of carboxylic acids is 2. The van der Waals surface area contributed by atoms with Crippen molar-refractivity contribution in [2.24, 2.45) is 5.92 Å². The van der Waals surface area contributed by atoms with Gasteiger partial charge < -0.3 is 56.9 Å². The first-order valence-electron chi connectivity index (χ1n) is 21.3. The molecule has 9 N–H and O–H groups in total. The molecule has 2 aromatic carbocycles. The molecular formula is C45H57N9O11S. The van der Waals surface area contributed by atoms with Gasteiger partial charge in [-0.15, -0.1) is 11.3 Å². The highest BCUT2D eigenvalue weighted by molar-refractivity contribution is 7.10. The molecule has 4 atom stereocenters. The van der Waals surface area contributed by atoms with Crippen LogP contribution in [0, 0.1) is 5.92 Å². The number of anilines is 1. The molecule has 4 aromatic rings. The van der Waals surface area contributed by atoms with E-state index in [4.69, 9.17) is 9.90 Å². The summed E-state index contributed by atoms with van der Waals surface area (Å²) in [7, 11) is 0. The fraction of sp³-hybridized carbons (Fsp3) is 0.400. The van der Waals surface area contributed by atoms with E-state index in [9.17, 15) is 43.5 Å². The number of piperazine rings is 1. The van der Waals surface area contributed by atoms with Crippen LogP contribution >= 0.6 is 11.3 Å². The Morgan fingerprint density at radius 2 is 1.38 bits per heavy atom. The zero-order chi connectivity index (χ0) is 48.3. The van der Waals surface area contributed by atoms with Crippen molar-refractivity contribution < 1.29 is 53.4 Å². The van der Waals surface area contributed by atoms with Crippen molar-refractivity contribution in [1.82, 2.24) is 41.8 Å². The molecule has 2 aliphatic heterocycles. The lowest BCUT2D eigenvalue weighted by molar-refractivity contribution is -0.148. The van der Waals surface area contributed by atoms with Gasteiger partial charge in [0.25, 0.3) is 11.9 Å². The summed E-state index contributed by atoms with van der Waals surface area (Å²) in [5.41, 5.74) is 3.62. The van der Waals surface area contributed by atoms with Crippen molar-refractivity contribution in [3.63, 3.8) is 0 Å². The molecule has 4 heterocycles. The molecule has 20 nitrogen and oxygen atoms in total. The number of rotatable bonds is 8. The van der Waals surface area contributed by atoms with Gasteiger partial charge in [-0.25, -0.2) is 4.79 Å². The van der Waals surface area contributed by atoms with Gasteiger partial charge in [0.05, 0.1) is 19.5 Å². The molecule has 0 radical (unpaired) electrons. The number of fused-ring (bicyclic) bond motifs is 1. The topological polar surface area (TPSA) is 289 Å². The third-order valence-corrected chi connectivity index (χ3v) is 11.2. The van der Waals surface area contributed by atoms with E-state index in [1.807, 2.05) is 44.2 Å². The first-order chi connectivity index (χ1) is 31.5. The van der Waals surface area contributed by atoms with E-state index in [0.29, 0.717) is 31.1 Å². The first kappa shape index (κ1) is 51.3.